The van der Waals surface area contributed by atoms with Crippen LogP contribution in [0.4, 0.5) is 8.78 Å². The molecule has 0 heterocycles. The molecule has 0 aliphatic carbocycles. The molecular formula is C18H19F2N3O4S2. The second-order valence-corrected chi connectivity index (χ2v) is 8.50. The zero-order valence-electron chi connectivity index (χ0n) is 15.3. The van der Waals surface area contributed by atoms with E-state index in [9.17, 15) is 26.8 Å². The van der Waals surface area contributed by atoms with Crippen LogP contribution < -0.4 is 15.6 Å². The number of hydrogen-bond acceptors (Lipinski definition) is 5. The molecule has 7 nitrogen and oxygen atoms in total. The van der Waals surface area contributed by atoms with Crippen molar-refractivity contribution in [2.45, 2.75) is 17.4 Å². The molecule has 2 amide bonds. The average molecular weight is 443 g/mol. The SMILES string of the molecule is CSCCC(NS(=O)(=O)c1ccccc1F)C(=O)NNC(=O)c1ccc(F)cc1. The molecule has 29 heavy (non-hydrogen) atoms. The zero-order valence-corrected chi connectivity index (χ0v) is 16.9. The van der Waals surface area contributed by atoms with E-state index in [1.807, 2.05) is 0 Å². The quantitative estimate of drug-likeness (QED) is 0.540. The van der Waals surface area contributed by atoms with Gasteiger partial charge in [0.2, 0.25) is 10.0 Å². The number of carbonyl (C=O) groups excluding carboxylic acids is 2. The molecule has 2 rings (SSSR count). The molecule has 0 aliphatic heterocycles. The van der Waals surface area contributed by atoms with Gasteiger partial charge in [-0.15, -0.1) is 0 Å². The summed E-state index contributed by atoms with van der Waals surface area (Å²) in [6, 6.07) is 8.15. The van der Waals surface area contributed by atoms with Crippen LogP contribution in [-0.2, 0) is 14.8 Å². The molecule has 0 saturated heterocycles. The predicted molar refractivity (Wildman–Crippen MR) is 106 cm³/mol. The maximum absolute atomic E-state index is 13.9. The molecule has 2 aromatic carbocycles. The summed E-state index contributed by atoms with van der Waals surface area (Å²) in [7, 11) is -4.31. The number of hydrazine groups is 1. The van der Waals surface area contributed by atoms with Crippen molar-refractivity contribution in [2.75, 3.05) is 12.0 Å². The second-order valence-electron chi connectivity index (χ2n) is 5.84. The third kappa shape index (κ3) is 6.51. The lowest BCUT2D eigenvalue weighted by molar-refractivity contribution is -0.123. The van der Waals surface area contributed by atoms with Crippen LogP contribution in [0, 0.1) is 11.6 Å². The number of thioether (sulfide) groups is 1. The minimum Gasteiger partial charge on any atom is -0.271 e. The fourth-order valence-electron chi connectivity index (χ4n) is 2.27. The molecule has 0 aromatic heterocycles. The lowest BCUT2D eigenvalue weighted by atomic mass is 10.2. The van der Waals surface area contributed by atoms with Crippen molar-refractivity contribution in [1.29, 1.82) is 0 Å². The Bertz CT molecular complexity index is 969. The Morgan fingerprint density at radius 3 is 2.31 bits per heavy atom. The van der Waals surface area contributed by atoms with E-state index >= 15 is 0 Å². The lowest BCUT2D eigenvalue weighted by Gasteiger charge is -2.18. The Kier molecular flexibility index (Phi) is 8.11. The van der Waals surface area contributed by atoms with Crippen molar-refractivity contribution in [3.05, 3.63) is 65.7 Å². The van der Waals surface area contributed by atoms with Crippen LogP contribution in [0.2, 0.25) is 0 Å². The molecule has 2 aromatic rings. The van der Waals surface area contributed by atoms with E-state index in [-0.39, 0.29) is 12.0 Å². The van der Waals surface area contributed by atoms with Crippen LogP contribution in [0.1, 0.15) is 16.8 Å². The first-order valence-corrected chi connectivity index (χ1v) is 11.2. The summed E-state index contributed by atoms with van der Waals surface area (Å²) >= 11 is 1.38. The summed E-state index contributed by atoms with van der Waals surface area (Å²) < 4.78 is 53.9. The summed E-state index contributed by atoms with van der Waals surface area (Å²) in [5, 5.41) is 0. The monoisotopic (exact) mass is 443 g/mol. The molecule has 0 spiro atoms. The van der Waals surface area contributed by atoms with Gasteiger partial charge >= 0.3 is 0 Å². The predicted octanol–water partition coefficient (Wildman–Crippen LogP) is 1.83. The van der Waals surface area contributed by atoms with Gasteiger partial charge in [-0.25, -0.2) is 17.2 Å². The minimum absolute atomic E-state index is 0.0966. The van der Waals surface area contributed by atoms with Crippen molar-refractivity contribution >= 4 is 33.6 Å². The van der Waals surface area contributed by atoms with Gasteiger partial charge in [-0.2, -0.15) is 16.5 Å². The van der Waals surface area contributed by atoms with Gasteiger partial charge in [0.05, 0.1) is 0 Å². The van der Waals surface area contributed by atoms with Crippen molar-refractivity contribution in [3.63, 3.8) is 0 Å². The number of nitrogens with one attached hydrogen (secondary N) is 3. The Hall–Kier alpha value is -2.50. The Morgan fingerprint density at radius 1 is 1.03 bits per heavy atom. The van der Waals surface area contributed by atoms with Crippen LogP contribution in [0.3, 0.4) is 0 Å². The standard InChI is InChI=1S/C18H19F2N3O4S2/c1-28-11-10-15(23-29(26,27)16-5-3-2-4-14(16)20)18(25)22-21-17(24)12-6-8-13(19)9-7-12/h2-9,15,23H,10-11H2,1H3,(H,21,24)(H,22,25). The molecule has 0 aliphatic rings. The zero-order chi connectivity index (χ0) is 21.4. The largest absolute Gasteiger partial charge is 0.271 e. The molecule has 0 saturated carbocycles. The molecular weight excluding hydrogens is 424 g/mol. The third-order valence-electron chi connectivity index (χ3n) is 3.76. The maximum Gasteiger partial charge on any atom is 0.269 e. The molecule has 1 atom stereocenters. The van der Waals surface area contributed by atoms with Crippen LogP contribution >= 0.6 is 11.8 Å². The summed E-state index contributed by atoms with van der Waals surface area (Å²) in [5.74, 6) is -2.57. The molecule has 0 fully saturated rings. The van der Waals surface area contributed by atoms with E-state index in [0.717, 1.165) is 24.3 Å². The molecule has 156 valence electrons. The minimum atomic E-state index is -4.31. The number of carbonyl (C=O) groups is 2. The number of rotatable bonds is 8. The summed E-state index contributed by atoms with van der Waals surface area (Å²) in [5.41, 5.74) is 4.36. The second kappa shape index (κ2) is 10.3. The fraction of sp³-hybridized carbons (Fsp3) is 0.222. The van der Waals surface area contributed by atoms with E-state index in [1.165, 1.54) is 36.0 Å². The highest BCUT2D eigenvalue weighted by atomic mass is 32.2. The summed E-state index contributed by atoms with van der Waals surface area (Å²) in [4.78, 5) is 23.8. The van der Waals surface area contributed by atoms with Crippen LogP contribution in [0.5, 0.6) is 0 Å². The fourth-order valence-corrected chi connectivity index (χ4v) is 4.05. The van der Waals surface area contributed by atoms with Crippen molar-refractivity contribution in [3.8, 4) is 0 Å². The first-order chi connectivity index (χ1) is 13.7. The van der Waals surface area contributed by atoms with Gasteiger partial charge in [-0.05, 0) is 54.8 Å². The molecule has 11 heteroatoms. The lowest BCUT2D eigenvalue weighted by Crippen LogP contribution is -2.52. The highest BCUT2D eigenvalue weighted by Gasteiger charge is 2.27. The van der Waals surface area contributed by atoms with Gasteiger partial charge in [0, 0.05) is 5.56 Å². The number of benzene rings is 2. The number of sulfonamides is 1. The Labute approximate surface area is 171 Å². The molecule has 1 unspecified atom stereocenters. The molecule has 3 N–H and O–H groups in total. The maximum atomic E-state index is 13.9. The third-order valence-corrected chi connectivity index (χ3v) is 5.91. The van der Waals surface area contributed by atoms with Crippen molar-refractivity contribution in [2.24, 2.45) is 0 Å². The highest BCUT2D eigenvalue weighted by molar-refractivity contribution is 7.98. The summed E-state index contributed by atoms with van der Waals surface area (Å²) in [6.07, 6.45) is 1.88. The van der Waals surface area contributed by atoms with E-state index < -0.39 is 44.4 Å². The van der Waals surface area contributed by atoms with Gasteiger partial charge in [0.15, 0.2) is 0 Å². The Balaban J connectivity index is 2.08. The van der Waals surface area contributed by atoms with E-state index in [2.05, 4.69) is 15.6 Å². The molecule has 0 radical (unpaired) electrons. The average Bonchev–Trinajstić information content (AvgIpc) is 2.69. The number of hydrogen-bond donors (Lipinski definition) is 3. The number of amides is 2. The Morgan fingerprint density at radius 2 is 1.69 bits per heavy atom. The van der Waals surface area contributed by atoms with E-state index in [4.69, 9.17) is 0 Å². The molecule has 0 bridgehead atoms. The number of halogens is 2. The van der Waals surface area contributed by atoms with E-state index in [0.29, 0.717) is 5.75 Å². The topological polar surface area (TPSA) is 104 Å². The van der Waals surface area contributed by atoms with Crippen molar-refractivity contribution < 1.29 is 26.8 Å². The van der Waals surface area contributed by atoms with Gasteiger partial charge in [0.25, 0.3) is 11.8 Å². The van der Waals surface area contributed by atoms with Crippen LogP contribution in [0.25, 0.3) is 0 Å². The smallest absolute Gasteiger partial charge is 0.269 e. The normalized spacial score (nSPS) is 12.2. The van der Waals surface area contributed by atoms with Gasteiger partial charge in [-0.3, -0.25) is 20.4 Å². The highest BCUT2D eigenvalue weighted by Crippen LogP contribution is 2.15. The van der Waals surface area contributed by atoms with Crippen molar-refractivity contribution in [1.82, 2.24) is 15.6 Å². The van der Waals surface area contributed by atoms with Crippen LogP contribution in [0.15, 0.2) is 53.4 Å². The first-order valence-electron chi connectivity index (χ1n) is 8.36. The summed E-state index contributed by atoms with van der Waals surface area (Å²) in [6.45, 7) is 0. The van der Waals surface area contributed by atoms with Crippen LogP contribution in [-0.4, -0.2) is 38.3 Å². The van der Waals surface area contributed by atoms with Gasteiger partial charge < -0.3 is 0 Å². The van der Waals surface area contributed by atoms with Gasteiger partial charge in [-0.1, -0.05) is 12.1 Å². The van der Waals surface area contributed by atoms with Gasteiger partial charge in [0.1, 0.15) is 22.6 Å². The van der Waals surface area contributed by atoms with E-state index in [1.54, 1.807) is 6.26 Å². The first kappa shape index (κ1) is 22.8.